The third-order valence-electron chi connectivity index (χ3n) is 1.95. The van der Waals surface area contributed by atoms with Gasteiger partial charge in [0.25, 0.3) is 0 Å². The molecule has 2 atom stereocenters. The Kier molecular flexibility index (Phi) is 8.75. The summed E-state index contributed by atoms with van der Waals surface area (Å²) in [6.45, 7) is 5.61. The first kappa shape index (κ1) is 13.1. The molecule has 0 amide bonds. The summed E-state index contributed by atoms with van der Waals surface area (Å²) in [6.07, 6.45) is 3.09. The van der Waals surface area contributed by atoms with Crippen LogP contribution in [0.2, 0.25) is 0 Å². The molecule has 2 N–H and O–H groups in total. The van der Waals surface area contributed by atoms with Crippen LogP contribution in [-0.2, 0) is 9.47 Å². The topological polar surface area (TPSA) is 44.5 Å². The molecule has 0 saturated carbocycles. The minimum atomic E-state index is -0.0553. The van der Waals surface area contributed by atoms with Crippen LogP contribution >= 0.6 is 0 Å². The molecule has 0 heterocycles. The first-order chi connectivity index (χ1) is 6.20. The Labute approximate surface area is 84.4 Å². The molecule has 2 unspecified atom stereocenters. The Hall–Kier alpha value is 0.0969. The van der Waals surface area contributed by atoms with E-state index in [-0.39, 0.29) is 6.29 Å². The fourth-order valence-corrected chi connectivity index (χ4v) is 1.34. The van der Waals surface area contributed by atoms with E-state index in [0.717, 1.165) is 42.7 Å². The molecular weight excluding hydrogens is 182 g/mol. The van der Waals surface area contributed by atoms with Gasteiger partial charge in [-0.05, 0) is 32.7 Å². The third kappa shape index (κ3) is 8.43. The van der Waals surface area contributed by atoms with Gasteiger partial charge in [0, 0.05) is 22.6 Å². The van der Waals surface area contributed by atoms with Gasteiger partial charge in [0.05, 0.1) is 0 Å². The van der Waals surface area contributed by atoms with Crippen molar-refractivity contribution in [2.75, 3.05) is 13.2 Å². The molecule has 0 saturated heterocycles. The zero-order chi connectivity index (χ0) is 10.1. The summed E-state index contributed by atoms with van der Waals surface area (Å²) in [5.74, 6) is 0. The monoisotopic (exact) mass is 205 g/mol. The quantitative estimate of drug-likeness (QED) is 0.350. The summed E-state index contributed by atoms with van der Waals surface area (Å²) < 4.78 is 11.0. The van der Waals surface area contributed by atoms with Gasteiger partial charge in [0.15, 0.2) is 6.29 Å². The van der Waals surface area contributed by atoms with Crippen molar-refractivity contribution < 1.29 is 9.47 Å². The van der Waals surface area contributed by atoms with Gasteiger partial charge >= 0.3 is 0 Å². The Bertz CT molecular complexity index is 114. The first-order valence-electron chi connectivity index (χ1n) is 5.17. The number of hydrogen-bond acceptors (Lipinski definition) is 3. The van der Waals surface area contributed by atoms with Crippen molar-refractivity contribution >= 4 is 10.2 Å². The maximum atomic E-state index is 5.59. The molecule has 0 fully saturated rings. The van der Waals surface area contributed by atoms with Crippen LogP contribution in [0, 0.1) is 0 Å². The maximum Gasteiger partial charge on any atom is 0.154 e. The van der Waals surface area contributed by atoms with Gasteiger partial charge < -0.3 is 15.2 Å². The van der Waals surface area contributed by atoms with Crippen LogP contribution in [0.4, 0.5) is 0 Å². The van der Waals surface area contributed by atoms with E-state index in [9.17, 15) is 0 Å². The van der Waals surface area contributed by atoms with Crippen LogP contribution in [0.5, 0.6) is 0 Å². The lowest BCUT2D eigenvalue weighted by Gasteiger charge is -2.18. The van der Waals surface area contributed by atoms with Crippen LogP contribution in [0.1, 0.15) is 33.1 Å². The summed E-state index contributed by atoms with van der Waals surface area (Å²) in [7, 11) is 1.08. The summed E-state index contributed by atoms with van der Waals surface area (Å²) in [5.41, 5.74) is 5.79. The highest BCUT2D eigenvalue weighted by Crippen LogP contribution is 2.01. The highest BCUT2D eigenvalue weighted by molar-refractivity contribution is 6.10. The second kappa shape index (κ2) is 8.68. The van der Waals surface area contributed by atoms with Gasteiger partial charge in [-0.2, -0.15) is 0 Å². The van der Waals surface area contributed by atoms with Crippen LogP contribution in [-0.4, -0.2) is 35.4 Å². The normalized spacial score (nSPS) is 15.9. The third-order valence-corrected chi connectivity index (χ3v) is 3.04. The van der Waals surface area contributed by atoms with Gasteiger partial charge in [-0.1, -0.05) is 6.92 Å². The van der Waals surface area contributed by atoms with Crippen LogP contribution in [0.25, 0.3) is 0 Å². The molecule has 0 aromatic carbocycles. The van der Waals surface area contributed by atoms with Crippen molar-refractivity contribution in [3.8, 4) is 0 Å². The predicted octanol–water partition coefficient (Wildman–Crippen LogP) is 0.206. The lowest BCUT2D eigenvalue weighted by atomic mass is 10.3. The van der Waals surface area contributed by atoms with Crippen molar-refractivity contribution in [1.29, 1.82) is 0 Å². The average Bonchev–Trinajstić information content (AvgIpc) is 2.12. The fourth-order valence-electron chi connectivity index (χ4n) is 0.958. The highest BCUT2D eigenvalue weighted by Gasteiger charge is 2.05. The Morgan fingerprint density at radius 3 is 2.62 bits per heavy atom. The van der Waals surface area contributed by atoms with Crippen molar-refractivity contribution in [3.63, 3.8) is 0 Å². The number of hydrogen-bond donors (Lipinski definition) is 1. The lowest BCUT2D eigenvalue weighted by molar-refractivity contribution is -0.141. The van der Waals surface area contributed by atoms with Gasteiger partial charge in [0.2, 0.25) is 0 Å². The zero-order valence-corrected chi connectivity index (χ0v) is 11.1. The second-order valence-corrected chi connectivity index (χ2v) is 4.58. The molecule has 0 radical (unpaired) electrons. The van der Waals surface area contributed by atoms with E-state index >= 15 is 0 Å². The van der Waals surface area contributed by atoms with Crippen molar-refractivity contribution in [3.05, 3.63) is 0 Å². The Balaban J connectivity index is 3.24. The standard InChI is InChI=1S/C9H23NO2Si/c1-3-9(13)12-8(2)11-7-5-4-6-10/h8-9H,3-7,10H2,1-2,13H3. The van der Waals surface area contributed by atoms with E-state index < -0.39 is 0 Å². The number of rotatable bonds is 8. The number of ether oxygens (including phenoxy) is 2. The molecule has 0 aliphatic carbocycles. The Morgan fingerprint density at radius 1 is 1.38 bits per heavy atom. The molecule has 4 heteroatoms. The summed E-state index contributed by atoms with van der Waals surface area (Å²) in [6, 6.07) is 0. The zero-order valence-electron chi connectivity index (χ0n) is 9.08. The number of nitrogens with two attached hydrogens (primary N) is 1. The Morgan fingerprint density at radius 2 is 2.08 bits per heavy atom. The minimum Gasteiger partial charge on any atom is -0.354 e. The molecular formula is C9H23NO2Si. The van der Waals surface area contributed by atoms with Gasteiger partial charge in [-0.3, -0.25) is 0 Å². The first-order valence-corrected chi connectivity index (χ1v) is 6.33. The molecule has 13 heavy (non-hydrogen) atoms. The fraction of sp³-hybridized carbons (Fsp3) is 1.00. The van der Waals surface area contributed by atoms with Crippen LogP contribution < -0.4 is 5.73 Å². The van der Waals surface area contributed by atoms with Crippen molar-refractivity contribution in [1.82, 2.24) is 0 Å². The molecule has 0 spiro atoms. The van der Waals surface area contributed by atoms with Crippen LogP contribution in [0.15, 0.2) is 0 Å². The van der Waals surface area contributed by atoms with E-state index in [1.54, 1.807) is 0 Å². The highest BCUT2D eigenvalue weighted by atomic mass is 28.1. The van der Waals surface area contributed by atoms with Gasteiger partial charge in [0.1, 0.15) is 0 Å². The lowest BCUT2D eigenvalue weighted by Crippen LogP contribution is -2.22. The van der Waals surface area contributed by atoms with Gasteiger partial charge in [-0.25, -0.2) is 0 Å². The van der Waals surface area contributed by atoms with E-state index in [1.165, 1.54) is 0 Å². The van der Waals surface area contributed by atoms with Crippen LogP contribution in [0.3, 0.4) is 0 Å². The molecule has 0 aliphatic heterocycles. The van der Waals surface area contributed by atoms with E-state index in [2.05, 4.69) is 6.92 Å². The van der Waals surface area contributed by atoms with E-state index in [4.69, 9.17) is 15.2 Å². The predicted molar refractivity (Wildman–Crippen MR) is 58.8 cm³/mol. The largest absolute Gasteiger partial charge is 0.354 e. The molecule has 0 aromatic rings. The number of unbranched alkanes of at least 4 members (excludes halogenated alkanes) is 1. The molecule has 80 valence electrons. The molecule has 0 bridgehead atoms. The maximum absolute atomic E-state index is 5.59. The molecule has 0 aliphatic rings. The second-order valence-electron chi connectivity index (χ2n) is 3.29. The van der Waals surface area contributed by atoms with E-state index in [0.29, 0.717) is 5.73 Å². The summed E-state index contributed by atoms with van der Waals surface area (Å²) >= 11 is 0. The molecule has 0 rings (SSSR count). The molecule has 0 aromatic heterocycles. The van der Waals surface area contributed by atoms with Crippen molar-refractivity contribution in [2.24, 2.45) is 5.73 Å². The summed E-state index contributed by atoms with van der Waals surface area (Å²) in [5, 5.41) is 0. The minimum absolute atomic E-state index is 0.0553. The smallest absolute Gasteiger partial charge is 0.154 e. The SMILES string of the molecule is CCC([SiH3])OC(C)OCCCCN. The average molecular weight is 205 g/mol. The summed E-state index contributed by atoms with van der Waals surface area (Å²) in [4.78, 5) is 0. The molecule has 3 nitrogen and oxygen atoms in total. The van der Waals surface area contributed by atoms with E-state index in [1.807, 2.05) is 6.92 Å². The van der Waals surface area contributed by atoms with Crippen molar-refractivity contribution in [2.45, 2.75) is 45.1 Å². The van der Waals surface area contributed by atoms with Gasteiger partial charge in [-0.15, -0.1) is 0 Å².